The smallest absolute Gasteiger partial charge is 0.255 e. The Morgan fingerprint density at radius 3 is 3.05 bits per heavy atom. The number of ether oxygens (including phenoxy) is 2. The van der Waals surface area contributed by atoms with Crippen LogP contribution in [0.3, 0.4) is 0 Å². The van der Waals surface area contributed by atoms with E-state index < -0.39 is 0 Å². The third-order valence-electron chi connectivity index (χ3n) is 4.40. The van der Waals surface area contributed by atoms with E-state index in [1.807, 2.05) is 4.90 Å². The second-order valence-electron chi connectivity index (χ2n) is 5.87. The van der Waals surface area contributed by atoms with Crippen LogP contribution >= 0.6 is 11.6 Å². The van der Waals surface area contributed by atoms with Crippen molar-refractivity contribution >= 4 is 17.5 Å². The van der Waals surface area contributed by atoms with Gasteiger partial charge < -0.3 is 14.4 Å². The molecule has 0 N–H and O–H groups in total. The third-order valence-corrected chi connectivity index (χ3v) is 4.73. The SMILES string of the molecule is COc1ccc(Cl)c(C(=O)N2CC[C@@H]3O[C@@H](C)C[C@H]3C2)c1. The van der Waals surface area contributed by atoms with Gasteiger partial charge in [-0.2, -0.15) is 0 Å². The van der Waals surface area contributed by atoms with Crippen molar-refractivity contribution in [2.75, 3.05) is 20.2 Å². The molecule has 0 unspecified atom stereocenters. The van der Waals surface area contributed by atoms with Crippen LogP contribution in [0.1, 0.15) is 30.1 Å². The lowest BCUT2D eigenvalue weighted by Gasteiger charge is -2.34. The molecule has 2 aliphatic rings. The van der Waals surface area contributed by atoms with Crippen molar-refractivity contribution in [2.24, 2.45) is 5.92 Å². The van der Waals surface area contributed by atoms with Gasteiger partial charge in [0.1, 0.15) is 5.75 Å². The summed E-state index contributed by atoms with van der Waals surface area (Å²) in [5.41, 5.74) is 0.515. The van der Waals surface area contributed by atoms with Crippen LogP contribution in [0.4, 0.5) is 0 Å². The summed E-state index contributed by atoms with van der Waals surface area (Å²) in [7, 11) is 1.58. The number of carbonyl (C=O) groups is 1. The first kappa shape index (κ1) is 14.7. The van der Waals surface area contributed by atoms with E-state index in [1.54, 1.807) is 25.3 Å². The van der Waals surface area contributed by atoms with Crippen molar-refractivity contribution in [3.63, 3.8) is 0 Å². The molecule has 3 atom stereocenters. The van der Waals surface area contributed by atoms with Gasteiger partial charge in [-0.1, -0.05) is 11.6 Å². The summed E-state index contributed by atoms with van der Waals surface area (Å²) in [5.74, 6) is 1.08. The van der Waals surface area contributed by atoms with Crippen molar-refractivity contribution < 1.29 is 14.3 Å². The van der Waals surface area contributed by atoms with Crippen molar-refractivity contribution in [3.8, 4) is 5.75 Å². The lowest BCUT2D eigenvalue weighted by Crippen LogP contribution is -2.44. The minimum Gasteiger partial charge on any atom is -0.497 e. The number of hydrogen-bond acceptors (Lipinski definition) is 3. The Balaban J connectivity index is 1.77. The number of benzene rings is 1. The molecular formula is C16H20ClNO3. The highest BCUT2D eigenvalue weighted by atomic mass is 35.5. The highest BCUT2D eigenvalue weighted by Crippen LogP contribution is 2.34. The monoisotopic (exact) mass is 309 g/mol. The Morgan fingerprint density at radius 2 is 2.29 bits per heavy atom. The van der Waals surface area contributed by atoms with Crippen LogP contribution in [-0.4, -0.2) is 43.2 Å². The van der Waals surface area contributed by atoms with Gasteiger partial charge >= 0.3 is 0 Å². The van der Waals surface area contributed by atoms with Crippen LogP contribution in [-0.2, 0) is 4.74 Å². The van der Waals surface area contributed by atoms with Crippen molar-refractivity contribution in [3.05, 3.63) is 28.8 Å². The third kappa shape index (κ3) is 2.87. The highest BCUT2D eigenvalue weighted by Gasteiger charge is 2.38. The Labute approximate surface area is 130 Å². The zero-order chi connectivity index (χ0) is 15.0. The molecule has 1 aromatic rings. The molecule has 0 aliphatic carbocycles. The molecule has 0 aromatic heterocycles. The van der Waals surface area contributed by atoms with Gasteiger partial charge in [-0.15, -0.1) is 0 Å². The number of piperidine rings is 1. The molecule has 1 aromatic carbocycles. The second-order valence-corrected chi connectivity index (χ2v) is 6.27. The first-order valence-corrected chi connectivity index (χ1v) is 7.74. The summed E-state index contributed by atoms with van der Waals surface area (Å²) < 4.78 is 11.1. The molecule has 2 saturated heterocycles. The van der Waals surface area contributed by atoms with E-state index in [0.29, 0.717) is 34.5 Å². The normalized spacial score (nSPS) is 28.3. The van der Waals surface area contributed by atoms with Crippen molar-refractivity contribution in [1.29, 1.82) is 0 Å². The van der Waals surface area contributed by atoms with Crippen molar-refractivity contribution in [2.45, 2.75) is 32.0 Å². The Kier molecular flexibility index (Phi) is 4.09. The van der Waals surface area contributed by atoms with Crippen LogP contribution in [0.15, 0.2) is 18.2 Å². The summed E-state index contributed by atoms with van der Waals surface area (Å²) in [6, 6.07) is 5.18. The number of amides is 1. The summed E-state index contributed by atoms with van der Waals surface area (Å²) in [6.45, 7) is 3.57. The Bertz CT molecular complexity index is 548. The molecule has 5 heteroatoms. The van der Waals surface area contributed by atoms with Gasteiger partial charge in [0.25, 0.3) is 5.91 Å². The zero-order valence-electron chi connectivity index (χ0n) is 12.3. The topological polar surface area (TPSA) is 38.8 Å². The maximum absolute atomic E-state index is 12.7. The Morgan fingerprint density at radius 1 is 1.48 bits per heavy atom. The van der Waals surface area contributed by atoms with Crippen molar-refractivity contribution in [1.82, 2.24) is 4.90 Å². The minimum absolute atomic E-state index is 0.0168. The standard InChI is InChI=1S/C16H20ClNO3/c1-10-7-11-9-18(6-5-15(11)21-10)16(19)13-8-12(20-2)3-4-14(13)17/h3-4,8,10-11,15H,5-7,9H2,1-2H3/t10-,11-,15-/m0/s1. The molecule has 0 saturated carbocycles. The number of methoxy groups -OCH3 is 1. The van der Waals surface area contributed by atoms with Gasteiger partial charge in [-0.05, 0) is 38.0 Å². The second kappa shape index (κ2) is 5.85. The first-order valence-electron chi connectivity index (χ1n) is 7.36. The fraction of sp³-hybridized carbons (Fsp3) is 0.562. The average Bonchev–Trinajstić information content (AvgIpc) is 2.86. The van der Waals surface area contributed by atoms with E-state index >= 15 is 0 Å². The molecule has 2 heterocycles. The number of halogens is 1. The molecule has 0 bridgehead atoms. The van der Waals surface area contributed by atoms with Crippen LogP contribution in [0, 0.1) is 5.92 Å². The molecular weight excluding hydrogens is 290 g/mol. The van der Waals surface area contributed by atoms with E-state index in [2.05, 4.69) is 6.92 Å². The maximum atomic E-state index is 12.7. The van der Waals surface area contributed by atoms with Gasteiger partial charge in [-0.25, -0.2) is 0 Å². The number of likely N-dealkylation sites (tertiary alicyclic amines) is 1. The van der Waals surface area contributed by atoms with Gasteiger partial charge in [-0.3, -0.25) is 4.79 Å². The molecule has 114 valence electrons. The average molecular weight is 310 g/mol. The molecule has 2 fully saturated rings. The largest absolute Gasteiger partial charge is 0.497 e. The lowest BCUT2D eigenvalue weighted by atomic mass is 9.92. The number of nitrogens with zero attached hydrogens (tertiary/aromatic N) is 1. The van der Waals surface area contributed by atoms with E-state index in [4.69, 9.17) is 21.1 Å². The highest BCUT2D eigenvalue weighted by molar-refractivity contribution is 6.33. The lowest BCUT2D eigenvalue weighted by molar-refractivity contribution is 0.00865. The number of carbonyl (C=O) groups excluding carboxylic acids is 1. The first-order chi connectivity index (χ1) is 10.1. The fourth-order valence-corrected chi connectivity index (χ4v) is 3.54. The summed E-state index contributed by atoms with van der Waals surface area (Å²) >= 11 is 6.17. The van der Waals surface area contributed by atoms with E-state index in [9.17, 15) is 4.79 Å². The van der Waals surface area contributed by atoms with E-state index in [-0.39, 0.29) is 5.91 Å². The van der Waals surface area contributed by atoms with Crippen LogP contribution < -0.4 is 4.74 Å². The molecule has 2 aliphatic heterocycles. The van der Waals surface area contributed by atoms with Gasteiger partial charge in [0.05, 0.1) is 29.9 Å². The fourth-order valence-electron chi connectivity index (χ4n) is 3.35. The van der Waals surface area contributed by atoms with Gasteiger partial charge in [0.15, 0.2) is 0 Å². The summed E-state index contributed by atoms with van der Waals surface area (Å²) in [5, 5.41) is 0.471. The van der Waals surface area contributed by atoms with E-state index in [1.165, 1.54) is 0 Å². The van der Waals surface area contributed by atoms with Gasteiger partial charge in [0, 0.05) is 19.0 Å². The number of fused-ring (bicyclic) bond motifs is 1. The molecule has 21 heavy (non-hydrogen) atoms. The molecule has 1 amide bonds. The van der Waals surface area contributed by atoms with Gasteiger partial charge in [0.2, 0.25) is 0 Å². The molecule has 4 nitrogen and oxygen atoms in total. The number of rotatable bonds is 2. The van der Waals surface area contributed by atoms with Crippen LogP contribution in [0.25, 0.3) is 0 Å². The molecule has 0 radical (unpaired) electrons. The minimum atomic E-state index is -0.0168. The maximum Gasteiger partial charge on any atom is 0.255 e. The Hall–Kier alpha value is -1.26. The molecule has 0 spiro atoms. The predicted octanol–water partition coefficient (Wildman–Crippen LogP) is 2.99. The predicted molar refractivity (Wildman–Crippen MR) is 81.0 cm³/mol. The molecule has 3 rings (SSSR count). The quantitative estimate of drug-likeness (QED) is 0.843. The van der Waals surface area contributed by atoms with Crippen LogP contribution in [0.2, 0.25) is 5.02 Å². The zero-order valence-corrected chi connectivity index (χ0v) is 13.1. The van der Waals surface area contributed by atoms with E-state index in [0.717, 1.165) is 25.9 Å². The number of hydrogen-bond donors (Lipinski definition) is 0. The van der Waals surface area contributed by atoms with Crippen LogP contribution in [0.5, 0.6) is 5.75 Å². The summed E-state index contributed by atoms with van der Waals surface area (Å²) in [6.07, 6.45) is 2.54. The summed E-state index contributed by atoms with van der Waals surface area (Å²) in [4.78, 5) is 14.6.